The standard InChI is InChI=1S/C47H82O6/c1-4-7-10-13-16-19-21-23-24-26-28-31-34-37-40-46(49)52-43-44(42-51-45(48)39-36-33-30-27-18-15-12-9-6-3)53-47(50)41-38-35-32-29-25-22-20-17-14-11-8-5-2/h7,10,16-17,19-20,23-24,44H,4-6,8-9,11-15,18,21-22,25-43H2,1-3H3/b10-7-,19-16-,20-17-,24-23-. The number of esters is 3. The van der Waals surface area contributed by atoms with Crippen molar-refractivity contribution in [1.29, 1.82) is 0 Å². The second-order valence-electron chi connectivity index (χ2n) is 14.6. The summed E-state index contributed by atoms with van der Waals surface area (Å²) in [6.07, 6.45) is 48.1. The van der Waals surface area contributed by atoms with E-state index in [2.05, 4.69) is 69.4 Å². The van der Waals surface area contributed by atoms with Gasteiger partial charge in [-0.25, -0.2) is 0 Å². The lowest BCUT2D eigenvalue weighted by atomic mass is 10.1. The second kappa shape index (κ2) is 42.1. The van der Waals surface area contributed by atoms with Crippen LogP contribution in [0.15, 0.2) is 48.6 Å². The van der Waals surface area contributed by atoms with Gasteiger partial charge < -0.3 is 14.2 Å². The van der Waals surface area contributed by atoms with E-state index in [1.54, 1.807) is 0 Å². The lowest BCUT2D eigenvalue weighted by Gasteiger charge is -2.18. The number of carbonyl (C=O) groups is 3. The molecule has 0 bridgehead atoms. The summed E-state index contributed by atoms with van der Waals surface area (Å²) < 4.78 is 16.6. The molecule has 0 fully saturated rings. The molecule has 0 heterocycles. The first-order chi connectivity index (χ1) is 26.0. The number of rotatable bonds is 39. The van der Waals surface area contributed by atoms with Gasteiger partial charge in [-0.15, -0.1) is 0 Å². The molecule has 0 amide bonds. The molecule has 0 saturated carbocycles. The normalized spacial score (nSPS) is 12.4. The smallest absolute Gasteiger partial charge is 0.306 e. The fraction of sp³-hybridized carbons (Fsp3) is 0.766. The second-order valence-corrected chi connectivity index (χ2v) is 14.6. The topological polar surface area (TPSA) is 78.9 Å². The highest BCUT2D eigenvalue weighted by atomic mass is 16.6. The van der Waals surface area contributed by atoms with Crippen molar-refractivity contribution in [3.63, 3.8) is 0 Å². The van der Waals surface area contributed by atoms with Gasteiger partial charge in [-0.1, -0.05) is 166 Å². The molecule has 0 aromatic rings. The Morgan fingerprint density at radius 1 is 0.396 bits per heavy atom. The Kier molecular flexibility index (Phi) is 40.0. The van der Waals surface area contributed by atoms with Crippen molar-refractivity contribution < 1.29 is 28.6 Å². The molecule has 0 spiro atoms. The highest BCUT2D eigenvalue weighted by molar-refractivity contribution is 5.71. The minimum atomic E-state index is -0.780. The molecule has 1 unspecified atom stereocenters. The van der Waals surface area contributed by atoms with Crippen LogP contribution < -0.4 is 0 Å². The monoisotopic (exact) mass is 743 g/mol. The summed E-state index contributed by atoms with van der Waals surface area (Å²) >= 11 is 0. The molecule has 306 valence electrons. The van der Waals surface area contributed by atoms with E-state index in [9.17, 15) is 14.4 Å². The molecule has 0 aromatic heterocycles. The van der Waals surface area contributed by atoms with E-state index in [4.69, 9.17) is 14.2 Å². The molecule has 0 saturated heterocycles. The van der Waals surface area contributed by atoms with Gasteiger partial charge in [0.05, 0.1) is 0 Å². The summed E-state index contributed by atoms with van der Waals surface area (Å²) in [6, 6.07) is 0. The Labute approximate surface area is 327 Å². The predicted molar refractivity (Wildman–Crippen MR) is 224 cm³/mol. The van der Waals surface area contributed by atoms with Crippen LogP contribution in [0.2, 0.25) is 0 Å². The zero-order valence-electron chi connectivity index (χ0n) is 34.8. The zero-order valence-corrected chi connectivity index (χ0v) is 34.8. The van der Waals surface area contributed by atoms with Crippen LogP contribution in [0.5, 0.6) is 0 Å². The Bertz CT molecular complexity index is 949. The first-order valence-corrected chi connectivity index (χ1v) is 22.1. The summed E-state index contributed by atoms with van der Waals surface area (Å²) in [5.74, 6) is -0.921. The summed E-state index contributed by atoms with van der Waals surface area (Å²) in [4.78, 5) is 37.6. The van der Waals surface area contributed by atoms with Crippen LogP contribution in [-0.2, 0) is 28.6 Å². The van der Waals surface area contributed by atoms with Gasteiger partial charge in [0, 0.05) is 19.3 Å². The van der Waals surface area contributed by atoms with E-state index in [0.717, 1.165) is 103 Å². The number of allylic oxidation sites excluding steroid dienone is 8. The fourth-order valence-corrected chi connectivity index (χ4v) is 5.98. The Morgan fingerprint density at radius 3 is 1.21 bits per heavy atom. The van der Waals surface area contributed by atoms with Gasteiger partial charge in [-0.05, 0) is 77.0 Å². The van der Waals surface area contributed by atoms with Gasteiger partial charge >= 0.3 is 17.9 Å². The van der Waals surface area contributed by atoms with Crippen LogP contribution >= 0.6 is 0 Å². The molecule has 0 N–H and O–H groups in total. The molecular formula is C47H82O6. The first kappa shape index (κ1) is 50.4. The third kappa shape index (κ3) is 40.4. The van der Waals surface area contributed by atoms with Gasteiger partial charge in [-0.3, -0.25) is 14.4 Å². The quantitative estimate of drug-likeness (QED) is 0.0270. The van der Waals surface area contributed by atoms with Gasteiger partial charge in [0.15, 0.2) is 6.10 Å². The maximum absolute atomic E-state index is 12.7. The maximum atomic E-state index is 12.7. The SMILES string of the molecule is CC/C=C\C/C=C\C/C=C\CCCCCCC(=O)OCC(COC(=O)CCCCCCCCCCC)OC(=O)CCCCCCC/C=C\CCCCC. The molecule has 0 aliphatic carbocycles. The van der Waals surface area contributed by atoms with Crippen LogP contribution in [0.25, 0.3) is 0 Å². The van der Waals surface area contributed by atoms with Gasteiger partial charge in [0.2, 0.25) is 0 Å². The summed E-state index contributed by atoms with van der Waals surface area (Å²) in [7, 11) is 0. The molecule has 0 aliphatic rings. The minimum absolute atomic E-state index is 0.0829. The van der Waals surface area contributed by atoms with Crippen molar-refractivity contribution in [3.8, 4) is 0 Å². The average Bonchev–Trinajstić information content (AvgIpc) is 3.15. The van der Waals surface area contributed by atoms with E-state index < -0.39 is 6.10 Å². The van der Waals surface area contributed by atoms with Gasteiger partial charge in [0.25, 0.3) is 0 Å². The Balaban J connectivity index is 4.41. The van der Waals surface area contributed by atoms with E-state index in [-0.39, 0.29) is 31.1 Å². The van der Waals surface area contributed by atoms with E-state index in [1.807, 2.05) is 0 Å². The number of hydrogen-bond donors (Lipinski definition) is 0. The number of hydrogen-bond acceptors (Lipinski definition) is 6. The third-order valence-corrected chi connectivity index (χ3v) is 9.32. The summed E-state index contributed by atoms with van der Waals surface area (Å²) in [6.45, 7) is 6.44. The van der Waals surface area contributed by atoms with E-state index in [0.29, 0.717) is 19.3 Å². The van der Waals surface area contributed by atoms with Crippen molar-refractivity contribution in [2.24, 2.45) is 0 Å². The molecule has 1 atom stereocenters. The maximum Gasteiger partial charge on any atom is 0.306 e. The van der Waals surface area contributed by atoms with Crippen molar-refractivity contribution in [2.75, 3.05) is 13.2 Å². The van der Waals surface area contributed by atoms with Crippen LogP contribution in [0, 0.1) is 0 Å². The lowest BCUT2D eigenvalue weighted by Crippen LogP contribution is -2.30. The van der Waals surface area contributed by atoms with Crippen molar-refractivity contribution in [2.45, 2.75) is 219 Å². The first-order valence-electron chi connectivity index (χ1n) is 22.1. The number of ether oxygens (including phenoxy) is 3. The molecule has 0 radical (unpaired) electrons. The molecule has 0 aliphatic heterocycles. The molecule has 0 rings (SSSR count). The highest BCUT2D eigenvalue weighted by Crippen LogP contribution is 2.13. The van der Waals surface area contributed by atoms with Crippen LogP contribution in [0.4, 0.5) is 0 Å². The fourth-order valence-electron chi connectivity index (χ4n) is 5.98. The molecule has 53 heavy (non-hydrogen) atoms. The Hall–Kier alpha value is -2.63. The summed E-state index contributed by atoms with van der Waals surface area (Å²) in [5, 5.41) is 0. The van der Waals surface area contributed by atoms with Crippen LogP contribution in [-0.4, -0.2) is 37.2 Å². The van der Waals surface area contributed by atoms with Crippen LogP contribution in [0.3, 0.4) is 0 Å². The minimum Gasteiger partial charge on any atom is -0.462 e. The predicted octanol–water partition coefficient (Wildman–Crippen LogP) is 14.0. The largest absolute Gasteiger partial charge is 0.462 e. The molecule has 6 heteroatoms. The number of unbranched alkanes of at least 4 members (excludes halogenated alkanes) is 20. The van der Waals surface area contributed by atoms with E-state index in [1.165, 1.54) is 70.6 Å². The summed E-state index contributed by atoms with van der Waals surface area (Å²) in [5.41, 5.74) is 0. The molecular weight excluding hydrogens is 661 g/mol. The molecule has 0 aromatic carbocycles. The zero-order chi connectivity index (χ0) is 38.7. The van der Waals surface area contributed by atoms with Crippen molar-refractivity contribution in [3.05, 3.63) is 48.6 Å². The Morgan fingerprint density at radius 2 is 0.736 bits per heavy atom. The lowest BCUT2D eigenvalue weighted by molar-refractivity contribution is -0.167. The van der Waals surface area contributed by atoms with Gasteiger partial charge in [0.1, 0.15) is 13.2 Å². The molecule has 6 nitrogen and oxygen atoms in total. The number of carbonyl (C=O) groups excluding carboxylic acids is 3. The highest BCUT2D eigenvalue weighted by Gasteiger charge is 2.19. The van der Waals surface area contributed by atoms with E-state index >= 15 is 0 Å². The van der Waals surface area contributed by atoms with Crippen LogP contribution in [0.1, 0.15) is 213 Å². The van der Waals surface area contributed by atoms with Crippen molar-refractivity contribution >= 4 is 17.9 Å². The average molecular weight is 743 g/mol. The van der Waals surface area contributed by atoms with Crippen molar-refractivity contribution in [1.82, 2.24) is 0 Å². The third-order valence-electron chi connectivity index (χ3n) is 9.32. The van der Waals surface area contributed by atoms with Gasteiger partial charge in [-0.2, -0.15) is 0 Å².